The number of nitrogens with zero attached hydrogens (tertiary/aromatic N) is 3. The van der Waals surface area contributed by atoms with E-state index >= 15 is 0 Å². The predicted molar refractivity (Wildman–Crippen MR) is 98.7 cm³/mol. The van der Waals surface area contributed by atoms with Gasteiger partial charge in [-0.2, -0.15) is 5.10 Å². The molecule has 1 heterocycles. The Morgan fingerprint density at radius 2 is 1.96 bits per heavy atom. The molecule has 0 fully saturated rings. The lowest BCUT2D eigenvalue weighted by molar-refractivity contribution is -0.120. The lowest BCUT2D eigenvalue weighted by atomic mass is 10.2. The molecule has 1 amide bonds. The van der Waals surface area contributed by atoms with E-state index in [4.69, 9.17) is 0 Å². The van der Waals surface area contributed by atoms with Crippen LogP contribution in [0.1, 0.15) is 38.1 Å². The zero-order chi connectivity index (χ0) is 17.7. The summed E-state index contributed by atoms with van der Waals surface area (Å²) < 4.78 is 1.87. The monoisotopic (exact) mass is 328 g/mol. The summed E-state index contributed by atoms with van der Waals surface area (Å²) in [5.41, 5.74) is 3.56. The van der Waals surface area contributed by atoms with Gasteiger partial charge in [0.25, 0.3) is 0 Å². The number of carbonyl (C=O) groups is 1. The summed E-state index contributed by atoms with van der Waals surface area (Å²) >= 11 is 0. The van der Waals surface area contributed by atoms with Crippen molar-refractivity contribution in [3.05, 3.63) is 41.7 Å². The second-order valence-electron chi connectivity index (χ2n) is 6.29. The van der Waals surface area contributed by atoms with Crippen LogP contribution in [0.3, 0.4) is 0 Å². The zero-order valence-electron chi connectivity index (χ0n) is 15.3. The molecule has 5 nitrogen and oxygen atoms in total. The topological polar surface area (TPSA) is 50.2 Å². The van der Waals surface area contributed by atoms with Crippen LogP contribution in [0.2, 0.25) is 0 Å². The molecular weight excluding hydrogens is 300 g/mol. The number of amides is 1. The number of nitrogens with one attached hydrogen (secondary N) is 1. The number of hydrogen-bond donors (Lipinski definition) is 1. The lowest BCUT2D eigenvalue weighted by Gasteiger charge is -2.23. The molecule has 2 rings (SSSR count). The molecule has 1 atom stereocenters. The van der Waals surface area contributed by atoms with E-state index in [9.17, 15) is 4.79 Å². The number of carbonyl (C=O) groups excluding carboxylic acids is 1. The first kappa shape index (κ1) is 18.2. The Kier molecular flexibility index (Phi) is 6.15. The average Bonchev–Trinajstić information content (AvgIpc) is 2.87. The molecule has 0 aliphatic heterocycles. The third-order valence-corrected chi connectivity index (χ3v) is 4.45. The van der Waals surface area contributed by atoms with Gasteiger partial charge in [-0.25, -0.2) is 4.68 Å². The second-order valence-corrected chi connectivity index (χ2v) is 6.29. The molecule has 0 radical (unpaired) electrons. The molecule has 0 aliphatic rings. The summed E-state index contributed by atoms with van der Waals surface area (Å²) in [4.78, 5) is 14.7. The summed E-state index contributed by atoms with van der Waals surface area (Å²) in [6, 6.07) is 9.78. The molecule has 24 heavy (non-hydrogen) atoms. The van der Waals surface area contributed by atoms with Crippen molar-refractivity contribution in [2.45, 2.75) is 46.6 Å². The van der Waals surface area contributed by atoms with Crippen molar-refractivity contribution in [3.63, 3.8) is 0 Å². The van der Waals surface area contributed by atoms with Crippen LogP contribution in [-0.4, -0.2) is 40.2 Å². The van der Waals surface area contributed by atoms with Crippen LogP contribution in [0.5, 0.6) is 0 Å². The van der Waals surface area contributed by atoms with Crippen molar-refractivity contribution in [1.29, 1.82) is 0 Å². The summed E-state index contributed by atoms with van der Waals surface area (Å²) in [5.74, 6) is 0.00687. The maximum absolute atomic E-state index is 12.6. The van der Waals surface area contributed by atoms with Gasteiger partial charge >= 0.3 is 0 Å². The Morgan fingerprint density at radius 3 is 2.58 bits per heavy atom. The zero-order valence-corrected chi connectivity index (χ0v) is 15.3. The number of para-hydroxylation sites is 1. The minimum atomic E-state index is -0.171. The van der Waals surface area contributed by atoms with Crippen molar-refractivity contribution < 1.29 is 4.79 Å². The Morgan fingerprint density at radius 1 is 1.29 bits per heavy atom. The molecule has 1 N–H and O–H groups in total. The normalized spacial score (nSPS) is 12.4. The number of benzene rings is 1. The smallest absolute Gasteiger partial charge is 0.241 e. The highest BCUT2D eigenvalue weighted by atomic mass is 16.2. The van der Waals surface area contributed by atoms with E-state index in [-0.39, 0.29) is 11.9 Å². The van der Waals surface area contributed by atoms with Gasteiger partial charge in [0, 0.05) is 0 Å². The highest BCUT2D eigenvalue weighted by Crippen LogP contribution is 2.23. The number of hydrogen-bond acceptors (Lipinski definition) is 3. The molecule has 2 aromatic rings. The molecule has 0 saturated carbocycles. The number of anilines is 1. The highest BCUT2D eigenvalue weighted by molar-refractivity contribution is 5.95. The van der Waals surface area contributed by atoms with E-state index in [1.165, 1.54) is 0 Å². The largest absolute Gasteiger partial charge is 0.322 e. The first-order valence-corrected chi connectivity index (χ1v) is 8.58. The van der Waals surface area contributed by atoms with E-state index in [0.29, 0.717) is 0 Å². The first-order valence-electron chi connectivity index (χ1n) is 8.58. The van der Waals surface area contributed by atoms with E-state index in [0.717, 1.165) is 42.1 Å². The van der Waals surface area contributed by atoms with E-state index in [1.54, 1.807) is 0 Å². The van der Waals surface area contributed by atoms with Gasteiger partial charge in [0.05, 0.1) is 28.8 Å². The molecule has 1 aromatic carbocycles. The van der Waals surface area contributed by atoms with Crippen molar-refractivity contribution in [3.8, 4) is 5.69 Å². The van der Waals surface area contributed by atoms with Crippen LogP contribution >= 0.6 is 0 Å². The van der Waals surface area contributed by atoms with Crippen molar-refractivity contribution in [2.75, 3.05) is 18.9 Å². The summed E-state index contributed by atoms with van der Waals surface area (Å²) in [5, 5.41) is 7.64. The molecule has 1 unspecified atom stereocenters. The van der Waals surface area contributed by atoms with Crippen molar-refractivity contribution in [2.24, 2.45) is 0 Å². The summed E-state index contributed by atoms with van der Waals surface area (Å²) in [6.45, 7) is 8.93. The fourth-order valence-electron chi connectivity index (χ4n) is 2.67. The van der Waals surface area contributed by atoms with Crippen LogP contribution in [0.4, 0.5) is 5.69 Å². The molecule has 0 bridgehead atoms. The molecule has 130 valence electrons. The minimum Gasteiger partial charge on any atom is -0.322 e. The van der Waals surface area contributed by atoms with Gasteiger partial charge in [-0.1, -0.05) is 31.5 Å². The van der Waals surface area contributed by atoms with E-state index < -0.39 is 0 Å². The predicted octanol–water partition coefficient (Wildman–Crippen LogP) is 3.55. The van der Waals surface area contributed by atoms with Gasteiger partial charge in [-0.05, 0) is 52.9 Å². The van der Waals surface area contributed by atoms with Gasteiger partial charge in [0.1, 0.15) is 0 Å². The Bertz CT molecular complexity index is 678. The number of unbranched alkanes of at least 4 members (excludes halogenated alkanes) is 1. The molecular formula is C19H28N4O. The van der Waals surface area contributed by atoms with Crippen LogP contribution in [0.15, 0.2) is 30.3 Å². The molecule has 5 heteroatoms. The maximum atomic E-state index is 12.6. The average molecular weight is 328 g/mol. The fourth-order valence-corrected chi connectivity index (χ4v) is 2.67. The highest BCUT2D eigenvalue weighted by Gasteiger charge is 2.21. The number of rotatable bonds is 7. The van der Waals surface area contributed by atoms with Crippen LogP contribution in [0.25, 0.3) is 5.69 Å². The minimum absolute atomic E-state index is 0.00687. The number of likely N-dealkylation sites (N-methyl/N-ethyl adjacent to an activating group) is 1. The molecule has 0 spiro atoms. The molecule has 1 aromatic heterocycles. The Labute approximate surface area is 144 Å². The second kappa shape index (κ2) is 8.11. The molecule has 0 saturated heterocycles. The van der Waals surface area contributed by atoms with E-state index in [1.807, 2.05) is 62.8 Å². The third kappa shape index (κ3) is 4.03. The number of aryl methyl sites for hydroxylation is 1. The number of aromatic nitrogens is 2. The quantitative estimate of drug-likeness (QED) is 0.845. The van der Waals surface area contributed by atoms with Crippen LogP contribution in [-0.2, 0) is 4.79 Å². The van der Waals surface area contributed by atoms with Gasteiger partial charge in [-0.15, -0.1) is 0 Å². The maximum Gasteiger partial charge on any atom is 0.241 e. The summed E-state index contributed by atoms with van der Waals surface area (Å²) in [6.07, 6.45) is 2.22. The SMILES string of the molecule is CCCCN(C)C(C)C(=O)Nc1c(C)nn(-c2ccccc2)c1C. The van der Waals surface area contributed by atoms with Crippen LogP contribution in [0, 0.1) is 13.8 Å². The lowest BCUT2D eigenvalue weighted by Crippen LogP contribution is -2.40. The van der Waals surface area contributed by atoms with Gasteiger partial charge in [0.2, 0.25) is 5.91 Å². The van der Waals surface area contributed by atoms with Gasteiger partial charge < -0.3 is 5.32 Å². The van der Waals surface area contributed by atoms with Crippen molar-refractivity contribution in [1.82, 2.24) is 14.7 Å². The Balaban J connectivity index is 2.15. The van der Waals surface area contributed by atoms with Gasteiger partial charge in [0.15, 0.2) is 0 Å². The fraction of sp³-hybridized carbons (Fsp3) is 0.474. The first-order chi connectivity index (χ1) is 11.5. The Hall–Kier alpha value is -2.14. The van der Waals surface area contributed by atoms with E-state index in [2.05, 4.69) is 22.2 Å². The van der Waals surface area contributed by atoms with Crippen LogP contribution < -0.4 is 5.32 Å². The van der Waals surface area contributed by atoms with Gasteiger partial charge in [-0.3, -0.25) is 9.69 Å². The molecule has 0 aliphatic carbocycles. The van der Waals surface area contributed by atoms with Crippen molar-refractivity contribution >= 4 is 11.6 Å². The third-order valence-electron chi connectivity index (χ3n) is 4.45. The summed E-state index contributed by atoms with van der Waals surface area (Å²) in [7, 11) is 1.99. The standard InChI is InChI=1S/C19H28N4O/c1-6-7-13-22(5)16(4)19(24)20-18-14(2)21-23(15(18)3)17-11-9-8-10-12-17/h8-12,16H,6-7,13H2,1-5H3,(H,20,24).